The summed E-state index contributed by atoms with van der Waals surface area (Å²) in [5.74, 6) is 0.151. The molecule has 0 saturated heterocycles. The van der Waals surface area contributed by atoms with Crippen molar-refractivity contribution in [2.45, 2.75) is 6.10 Å². The highest BCUT2D eigenvalue weighted by molar-refractivity contribution is 5.91. The van der Waals surface area contributed by atoms with Crippen LogP contribution in [0.15, 0.2) is 42.5 Å². The predicted molar refractivity (Wildman–Crippen MR) is 96.3 cm³/mol. The first kappa shape index (κ1) is 19.1. The average Bonchev–Trinajstić information content (AvgIpc) is 2.66. The molecule has 0 radical (unpaired) electrons. The average molecular weight is 359 g/mol. The van der Waals surface area contributed by atoms with E-state index >= 15 is 0 Å². The molecule has 7 nitrogen and oxygen atoms in total. The predicted octanol–water partition coefficient (Wildman–Crippen LogP) is 1.98. The lowest BCUT2D eigenvalue weighted by Crippen LogP contribution is -2.26. The molecule has 0 unspecified atom stereocenters. The fraction of sp³-hybridized carbons (Fsp3) is 0.211. The highest BCUT2D eigenvalue weighted by atomic mass is 16.5. The fourth-order valence-corrected chi connectivity index (χ4v) is 2.25. The lowest BCUT2D eigenvalue weighted by Gasteiger charge is -2.12. The van der Waals surface area contributed by atoms with E-state index in [9.17, 15) is 20.1 Å². The minimum Gasteiger partial charge on any atom is -0.504 e. The number of hydrogen-bond donors (Lipinski definition) is 4. The molecule has 2 rings (SSSR count). The zero-order valence-electron chi connectivity index (χ0n) is 14.5. The van der Waals surface area contributed by atoms with Crippen LogP contribution in [0.3, 0.4) is 0 Å². The van der Waals surface area contributed by atoms with Crippen LogP contribution in [-0.4, -0.2) is 42.0 Å². The number of aromatic hydroxyl groups is 2. The second-order valence-corrected chi connectivity index (χ2v) is 5.46. The van der Waals surface area contributed by atoms with Gasteiger partial charge in [-0.2, -0.15) is 0 Å². The number of phenols is 2. The molecule has 0 aliphatic rings. The molecule has 0 aromatic heterocycles. The molecule has 0 fully saturated rings. The second kappa shape index (κ2) is 8.77. The van der Waals surface area contributed by atoms with E-state index in [-0.39, 0.29) is 24.0 Å². The molecule has 0 heterocycles. The summed E-state index contributed by atoms with van der Waals surface area (Å²) in [7, 11) is 3.07. The third-order valence-corrected chi connectivity index (χ3v) is 3.69. The van der Waals surface area contributed by atoms with Gasteiger partial charge in [-0.05, 0) is 41.5 Å². The Bertz CT molecular complexity index is 803. The first-order chi connectivity index (χ1) is 12.4. The normalized spacial score (nSPS) is 12.0. The molecule has 2 aromatic rings. The maximum atomic E-state index is 11.9. The number of ether oxygens (including phenoxy) is 2. The van der Waals surface area contributed by atoms with Gasteiger partial charge in [-0.1, -0.05) is 12.1 Å². The number of benzene rings is 2. The molecule has 0 aliphatic carbocycles. The van der Waals surface area contributed by atoms with Crippen LogP contribution in [0.25, 0.3) is 6.08 Å². The van der Waals surface area contributed by atoms with Gasteiger partial charge >= 0.3 is 0 Å². The number of phenolic OH excluding ortho intramolecular Hbond substituents is 2. The van der Waals surface area contributed by atoms with Gasteiger partial charge in [-0.3, -0.25) is 4.79 Å². The van der Waals surface area contributed by atoms with Crippen LogP contribution in [0.5, 0.6) is 23.0 Å². The number of rotatable bonds is 7. The molecule has 26 heavy (non-hydrogen) atoms. The van der Waals surface area contributed by atoms with Gasteiger partial charge in [0.1, 0.15) is 0 Å². The summed E-state index contributed by atoms with van der Waals surface area (Å²) >= 11 is 0. The Morgan fingerprint density at radius 3 is 2.46 bits per heavy atom. The lowest BCUT2D eigenvalue weighted by atomic mass is 10.1. The van der Waals surface area contributed by atoms with E-state index in [1.165, 1.54) is 31.4 Å². The van der Waals surface area contributed by atoms with Gasteiger partial charge in [0.2, 0.25) is 5.91 Å². The molecule has 1 amide bonds. The van der Waals surface area contributed by atoms with E-state index in [1.807, 2.05) is 0 Å². The van der Waals surface area contributed by atoms with Gasteiger partial charge in [0, 0.05) is 12.6 Å². The van der Waals surface area contributed by atoms with Gasteiger partial charge in [-0.15, -0.1) is 0 Å². The van der Waals surface area contributed by atoms with E-state index in [0.717, 1.165) is 5.56 Å². The van der Waals surface area contributed by atoms with Crippen molar-refractivity contribution in [1.82, 2.24) is 5.32 Å². The van der Waals surface area contributed by atoms with Crippen LogP contribution >= 0.6 is 0 Å². The fourth-order valence-electron chi connectivity index (χ4n) is 2.25. The molecule has 0 spiro atoms. The smallest absolute Gasteiger partial charge is 0.244 e. The maximum Gasteiger partial charge on any atom is 0.244 e. The van der Waals surface area contributed by atoms with Gasteiger partial charge in [0.05, 0.1) is 20.3 Å². The number of carbonyl (C=O) groups excluding carboxylic acids is 1. The van der Waals surface area contributed by atoms with Crippen molar-refractivity contribution in [3.8, 4) is 23.0 Å². The molecule has 0 aliphatic heterocycles. The Hall–Kier alpha value is -3.19. The molecule has 1 atom stereocenters. The van der Waals surface area contributed by atoms with Crippen molar-refractivity contribution in [2.75, 3.05) is 20.8 Å². The minimum atomic E-state index is -1.01. The first-order valence-electron chi connectivity index (χ1n) is 7.82. The Morgan fingerprint density at radius 2 is 1.81 bits per heavy atom. The van der Waals surface area contributed by atoms with Gasteiger partial charge < -0.3 is 30.1 Å². The topological polar surface area (TPSA) is 108 Å². The van der Waals surface area contributed by atoms with Crippen LogP contribution < -0.4 is 14.8 Å². The molecule has 4 N–H and O–H groups in total. The van der Waals surface area contributed by atoms with Crippen LogP contribution in [0.4, 0.5) is 0 Å². The van der Waals surface area contributed by atoms with E-state index < -0.39 is 6.10 Å². The molecule has 0 bridgehead atoms. The van der Waals surface area contributed by atoms with E-state index in [1.54, 1.807) is 31.4 Å². The SMILES string of the molecule is COc1ccc(/C=C/C(=O)NC[C@@H](O)c2ccc(O)c(O)c2)cc1OC. The lowest BCUT2D eigenvalue weighted by molar-refractivity contribution is -0.116. The summed E-state index contributed by atoms with van der Waals surface area (Å²) in [4.78, 5) is 11.9. The van der Waals surface area contributed by atoms with Crippen LogP contribution in [0.2, 0.25) is 0 Å². The van der Waals surface area contributed by atoms with Gasteiger partial charge in [0.25, 0.3) is 0 Å². The Balaban J connectivity index is 1.93. The quantitative estimate of drug-likeness (QED) is 0.445. The van der Waals surface area contributed by atoms with Gasteiger partial charge in [0.15, 0.2) is 23.0 Å². The minimum absolute atomic E-state index is 0.0423. The van der Waals surface area contributed by atoms with Crippen molar-refractivity contribution in [3.05, 3.63) is 53.6 Å². The summed E-state index contributed by atoms with van der Waals surface area (Å²) < 4.78 is 10.3. The Kier molecular flexibility index (Phi) is 6.46. The number of aliphatic hydroxyl groups is 1. The van der Waals surface area contributed by atoms with Crippen molar-refractivity contribution < 1.29 is 29.6 Å². The number of nitrogens with one attached hydrogen (secondary N) is 1. The largest absolute Gasteiger partial charge is 0.504 e. The van der Waals surface area contributed by atoms with Crippen LogP contribution in [-0.2, 0) is 4.79 Å². The standard InChI is InChI=1S/C19H21NO6/c1-25-17-7-3-12(9-18(17)26-2)4-8-19(24)20-11-16(23)13-5-6-14(21)15(22)10-13/h3-10,16,21-23H,11H2,1-2H3,(H,20,24)/b8-4+/t16-/m1/s1. The van der Waals surface area contributed by atoms with Crippen molar-refractivity contribution in [1.29, 1.82) is 0 Å². The summed E-state index contributed by atoms with van der Waals surface area (Å²) in [5.41, 5.74) is 1.13. The number of aliphatic hydroxyl groups excluding tert-OH is 1. The summed E-state index contributed by atoms with van der Waals surface area (Å²) in [6, 6.07) is 9.22. The monoisotopic (exact) mass is 359 g/mol. The highest BCUT2D eigenvalue weighted by Crippen LogP contribution is 2.28. The van der Waals surface area contributed by atoms with E-state index in [2.05, 4.69) is 5.32 Å². The number of carbonyl (C=O) groups is 1. The number of methoxy groups -OCH3 is 2. The van der Waals surface area contributed by atoms with Crippen molar-refractivity contribution in [2.24, 2.45) is 0 Å². The van der Waals surface area contributed by atoms with Crippen LogP contribution in [0, 0.1) is 0 Å². The van der Waals surface area contributed by atoms with Crippen LogP contribution in [0.1, 0.15) is 17.2 Å². The molecular formula is C19H21NO6. The third-order valence-electron chi connectivity index (χ3n) is 3.69. The zero-order valence-corrected chi connectivity index (χ0v) is 14.5. The first-order valence-corrected chi connectivity index (χ1v) is 7.82. The summed E-state index contributed by atoms with van der Waals surface area (Å²) in [6.07, 6.45) is 1.93. The van der Waals surface area contributed by atoms with E-state index in [0.29, 0.717) is 17.1 Å². The second-order valence-electron chi connectivity index (χ2n) is 5.46. The zero-order chi connectivity index (χ0) is 19.1. The Labute approximate surface area is 151 Å². The molecule has 138 valence electrons. The van der Waals surface area contributed by atoms with Crippen molar-refractivity contribution in [3.63, 3.8) is 0 Å². The van der Waals surface area contributed by atoms with Crippen molar-refractivity contribution >= 4 is 12.0 Å². The molecule has 0 saturated carbocycles. The molecule has 2 aromatic carbocycles. The highest BCUT2D eigenvalue weighted by Gasteiger charge is 2.11. The van der Waals surface area contributed by atoms with Gasteiger partial charge in [-0.25, -0.2) is 0 Å². The maximum absolute atomic E-state index is 11.9. The summed E-state index contributed by atoms with van der Waals surface area (Å²) in [6.45, 7) is -0.0423. The Morgan fingerprint density at radius 1 is 1.08 bits per heavy atom. The third kappa shape index (κ3) is 4.90. The molecular weight excluding hydrogens is 338 g/mol. The van der Waals surface area contributed by atoms with E-state index in [4.69, 9.17) is 9.47 Å². The summed E-state index contributed by atoms with van der Waals surface area (Å²) in [5, 5.41) is 31.3. The number of hydrogen-bond acceptors (Lipinski definition) is 6. The molecule has 7 heteroatoms. The number of amides is 1.